The largest absolute Gasteiger partial charge is 0.401 e. The minimum absolute atomic E-state index is 0. The lowest BCUT2D eigenvalue weighted by molar-refractivity contribution is -0.143. The number of nitrogens with one attached hydrogen (secondary N) is 1. The first-order valence-electron chi connectivity index (χ1n) is 7.75. The summed E-state index contributed by atoms with van der Waals surface area (Å²) in [6.45, 7) is 0.625. The second-order valence-corrected chi connectivity index (χ2v) is 6.83. The molecule has 0 saturated carbocycles. The number of hydrogen-bond acceptors (Lipinski definition) is 2. The van der Waals surface area contributed by atoms with Crippen molar-refractivity contribution in [3.05, 3.63) is 34.3 Å². The van der Waals surface area contributed by atoms with Crippen LogP contribution in [-0.2, 0) is 6.54 Å². The molecule has 9 heteroatoms. The monoisotopic (exact) mass is 534 g/mol. The molecule has 1 aromatic carbocycles. The van der Waals surface area contributed by atoms with E-state index in [0.29, 0.717) is 32.0 Å². The smallest absolute Gasteiger partial charge is 0.352 e. The van der Waals surface area contributed by atoms with Crippen molar-refractivity contribution in [3.63, 3.8) is 0 Å². The van der Waals surface area contributed by atoms with E-state index in [1.807, 2.05) is 36.2 Å². The van der Waals surface area contributed by atoms with Crippen LogP contribution in [0.3, 0.4) is 0 Å². The van der Waals surface area contributed by atoms with Gasteiger partial charge >= 0.3 is 6.18 Å². The van der Waals surface area contributed by atoms with Crippen molar-refractivity contribution in [2.45, 2.75) is 25.2 Å². The van der Waals surface area contributed by atoms with E-state index in [1.165, 1.54) is 4.90 Å². The minimum Gasteiger partial charge on any atom is -0.352 e. The summed E-state index contributed by atoms with van der Waals surface area (Å²) < 4.78 is 38.4. The van der Waals surface area contributed by atoms with E-state index in [9.17, 15) is 13.2 Å². The molecule has 1 saturated heterocycles. The van der Waals surface area contributed by atoms with Crippen LogP contribution in [0.1, 0.15) is 12.0 Å². The molecule has 1 aromatic rings. The molecule has 1 heterocycles. The first-order chi connectivity index (χ1) is 11.3. The predicted octanol–water partition coefficient (Wildman–Crippen LogP) is 3.71. The van der Waals surface area contributed by atoms with Crippen molar-refractivity contribution in [2.75, 3.05) is 33.7 Å². The molecule has 0 spiro atoms. The molecule has 0 aliphatic carbocycles. The lowest BCUT2D eigenvalue weighted by Gasteiger charge is -2.25. The molecule has 2 rings (SSSR count). The number of likely N-dealkylation sites (tertiary alicyclic amines) is 1. The highest BCUT2D eigenvalue weighted by atomic mass is 127. The maximum atomic E-state index is 12.5. The number of nitrogens with zero attached hydrogens (tertiary/aromatic N) is 3. The zero-order valence-corrected chi connectivity index (χ0v) is 18.1. The van der Waals surface area contributed by atoms with E-state index in [4.69, 9.17) is 0 Å². The second-order valence-electron chi connectivity index (χ2n) is 5.97. The lowest BCUT2D eigenvalue weighted by Crippen LogP contribution is -2.45. The average Bonchev–Trinajstić information content (AvgIpc) is 2.92. The van der Waals surface area contributed by atoms with Crippen LogP contribution in [0.5, 0.6) is 0 Å². The molecule has 0 aromatic heterocycles. The summed E-state index contributed by atoms with van der Waals surface area (Å²) in [5, 5.41) is 3.27. The third-order valence-corrected chi connectivity index (χ3v) is 4.72. The Morgan fingerprint density at radius 1 is 1.40 bits per heavy atom. The van der Waals surface area contributed by atoms with Gasteiger partial charge in [-0.1, -0.05) is 34.1 Å². The van der Waals surface area contributed by atoms with Crippen molar-refractivity contribution >= 4 is 45.9 Å². The second kappa shape index (κ2) is 9.96. The van der Waals surface area contributed by atoms with Gasteiger partial charge in [-0.2, -0.15) is 13.2 Å². The highest BCUT2D eigenvalue weighted by Gasteiger charge is 2.34. The van der Waals surface area contributed by atoms with E-state index in [0.717, 1.165) is 10.0 Å². The molecule has 1 N–H and O–H groups in total. The van der Waals surface area contributed by atoms with Gasteiger partial charge in [-0.15, -0.1) is 24.0 Å². The van der Waals surface area contributed by atoms with E-state index in [-0.39, 0.29) is 30.0 Å². The van der Waals surface area contributed by atoms with Crippen molar-refractivity contribution in [1.82, 2.24) is 15.1 Å². The van der Waals surface area contributed by atoms with Gasteiger partial charge in [0.05, 0.1) is 6.54 Å². The van der Waals surface area contributed by atoms with Gasteiger partial charge in [0.1, 0.15) is 0 Å². The SMILES string of the molecule is CN=C(NC1CCN(CC(F)(F)F)C1)N(C)Cc1ccccc1Br.I. The zero-order valence-electron chi connectivity index (χ0n) is 14.2. The van der Waals surface area contributed by atoms with Gasteiger partial charge in [0.2, 0.25) is 0 Å². The molecule has 1 unspecified atom stereocenters. The summed E-state index contributed by atoms with van der Waals surface area (Å²) in [5.74, 6) is 0.685. The van der Waals surface area contributed by atoms with Crippen LogP contribution in [-0.4, -0.2) is 61.7 Å². The summed E-state index contributed by atoms with van der Waals surface area (Å²) >= 11 is 3.52. The summed E-state index contributed by atoms with van der Waals surface area (Å²) in [5.41, 5.74) is 1.12. The first-order valence-corrected chi connectivity index (χ1v) is 8.55. The highest BCUT2D eigenvalue weighted by Crippen LogP contribution is 2.20. The lowest BCUT2D eigenvalue weighted by atomic mass is 10.2. The van der Waals surface area contributed by atoms with Crippen LogP contribution in [0.15, 0.2) is 33.7 Å². The number of guanidine groups is 1. The molecule has 25 heavy (non-hydrogen) atoms. The fourth-order valence-corrected chi connectivity index (χ4v) is 3.24. The number of halogens is 5. The molecule has 142 valence electrons. The maximum absolute atomic E-state index is 12.5. The molecule has 4 nitrogen and oxygen atoms in total. The van der Waals surface area contributed by atoms with Crippen LogP contribution < -0.4 is 5.32 Å². The van der Waals surface area contributed by atoms with E-state index >= 15 is 0 Å². The fraction of sp³-hybridized carbons (Fsp3) is 0.562. The van der Waals surface area contributed by atoms with Crippen LogP contribution in [0.4, 0.5) is 13.2 Å². The van der Waals surface area contributed by atoms with E-state index in [2.05, 4.69) is 26.2 Å². The number of aliphatic imine (C=N–C) groups is 1. The van der Waals surface area contributed by atoms with Crippen molar-refractivity contribution in [1.29, 1.82) is 0 Å². The molecule has 1 atom stereocenters. The average molecular weight is 535 g/mol. The van der Waals surface area contributed by atoms with Gasteiger partial charge in [-0.3, -0.25) is 9.89 Å². The maximum Gasteiger partial charge on any atom is 0.401 e. The Hall–Kier alpha value is -0.550. The van der Waals surface area contributed by atoms with Gasteiger partial charge < -0.3 is 10.2 Å². The summed E-state index contributed by atoms with van der Waals surface area (Å²) in [6, 6.07) is 7.90. The zero-order chi connectivity index (χ0) is 17.7. The Kier molecular flexibility index (Phi) is 8.96. The number of rotatable bonds is 4. The Balaban J connectivity index is 0.00000312. The Labute approximate surface area is 172 Å². The first kappa shape index (κ1) is 22.5. The third kappa shape index (κ3) is 7.30. The number of hydrogen-bond donors (Lipinski definition) is 1. The predicted molar refractivity (Wildman–Crippen MR) is 108 cm³/mol. The Bertz CT molecular complexity index is 583. The normalized spacial score (nSPS) is 18.8. The third-order valence-electron chi connectivity index (χ3n) is 3.95. The summed E-state index contributed by atoms with van der Waals surface area (Å²) in [7, 11) is 3.60. The molecule has 1 aliphatic heterocycles. The number of benzene rings is 1. The fourth-order valence-electron chi connectivity index (χ4n) is 2.83. The molecule has 1 fully saturated rings. The van der Waals surface area contributed by atoms with Crippen LogP contribution in [0, 0.1) is 0 Å². The van der Waals surface area contributed by atoms with Crippen LogP contribution >= 0.6 is 39.9 Å². The van der Waals surface area contributed by atoms with Gasteiger partial charge in [0, 0.05) is 44.2 Å². The molecule has 0 bridgehead atoms. The van der Waals surface area contributed by atoms with E-state index < -0.39 is 12.7 Å². The topological polar surface area (TPSA) is 30.9 Å². The molecule has 0 amide bonds. The summed E-state index contributed by atoms with van der Waals surface area (Å²) in [4.78, 5) is 7.65. The van der Waals surface area contributed by atoms with Gasteiger partial charge in [-0.25, -0.2) is 0 Å². The van der Waals surface area contributed by atoms with Gasteiger partial charge in [0.25, 0.3) is 0 Å². The molecule has 0 radical (unpaired) electrons. The standard InChI is InChI=1S/C16H22BrF3N4.HI/c1-21-15(23(2)9-12-5-3-4-6-14(12)17)22-13-7-8-24(10-13)11-16(18,19)20;/h3-6,13H,7-11H2,1-2H3,(H,21,22);1H. The summed E-state index contributed by atoms with van der Waals surface area (Å²) in [6.07, 6.45) is -3.47. The quantitative estimate of drug-likeness (QED) is 0.363. The molecular weight excluding hydrogens is 512 g/mol. The van der Waals surface area contributed by atoms with Gasteiger partial charge in [0.15, 0.2) is 5.96 Å². The molecule has 1 aliphatic rings. The van der Waals surface area contributed by atoms with Crippen molar-refractivity contribution in [3.8, 4) is 0 Å². The van der Waals surface area contributed by atoms with Crippen molar-refractivity contribution < 1.29 is 13.2 Å². The van der Waals surface area contributed by atoms with Crippen molar-refractivity contribution in [2.24, 2.45) is 4.99 Å². The van der Waals surface area contributed by atoms with Gasteiger partial charge in [-0.05, 0) is 18.1 Å². The molecular formula is C16H23BrF3IN4. The van der Waals surface area contributed by atoms with Crippen LogP contribution in [0.25, 0.3) is 0 Å². The Morgan fingerprint density at radius 2 is 2.08 bits per heavy atom. The highest BCUT2D eigenvalue weighted by molar-refractivity contribution is 14.0. The number of alkyl halides is 3. The van der Waals surface area contributed by atoms with Crippen LogP contribution in [0.2, 0.25) is 0 Å². The van der Waals surface area contributed by atoms with E-state index in [1.54, 1.807) is 7.05 Å². The minimum atomic E-state index is -4.15. The Morgan fingerprint density at radius 3 is 2.68 bits per heavy atom.